The lowest BCUT2D eigenvalue weighted by Gasteiger charge is -2.29. The van der Waals surface area contributed by atoms with Gasteiger partial charge in [-0.2, -0.15) is 15.3 Å². The first kappa shape index (κ1) is 63.3. The third-order valence-corrected chi connectivity index (χ3v) is 18.7. The zero-order valence-corrected chi connectivity index (χ0v) is 55.1. The molecule has 0 radical (unpaired) electrons. The third kappa shape index (κ3) is 13.3. The lowest BCUT2D eigenvalue weighted by Crippen LogP contribution is -2.39. The minimum Gasteiger partial charge on any atom is -0.508 e. The summed E-state index contributed by atoms with van der Waals surface area (Å²) in [6, 6.07) is 41.4. The smallest absolute Gasteiger partial charge is 0.277 e. The quantitative estimate of drug-likeness (QED) is 0.0807. The van der Waals surface area contributed by atoms with Crippen LogP contribution in [0.25, 0.3) is 17.1 Å². The van der Waals surface area contributed by atoms with Crippen molar-refractivity contribution in [1.29, 1.82) is 0 Å². The summed E-state index contributed by atoms with van der Waals surface area (Å²) in [6.45, 7) is 3.17. The van der Waals surface area contributed by atoms with E-state index in [2.05, 4.69) is 15.3 Å². The molecule has 0 spiro atoms. The number of benzene rings is 6. The van der Waals surface area contributed by atoms with Crippen molar-refractivity contribution in [3.63, 3.8) is 0 Å². The second-order valence-corrected chi connectivity index (χ2v) is 24.8. The average molecular weight is 1370 g/mol. The van der Waals surface area contributed by atoms with Crippen LogP contribution < -0.4 is 56.1 Å². The topological polar surface area (TPSA) is 343 Å². The second kappa shape index (κ2) is 28.6. The number of nitrogens with zero attached hydrogens (tertiary/aromatic N) is 12. The predicted molar refractivity (Wildman–Crippen MR) is 375 cm³/mol. The molecule has 0 bridgehead atoms. The van der Waals surface area contributed by atoms with E-state index < -0.39 is 24.8 Å². The molecule has 15 rings (SSSR count). The SMILES string of the molecule is COc1ccc(-n2nc(C(N)=O)c3c2C(=O)N(c2ccc(N4CCCCC4=O)cc2)CC3)cc1.NC(=O)c1nn(-c2ccc(O)cc2)c2c1CCN(c1ccc(N3CCCCC3=O)cc1)C2=O.[2H]C([2H])([2H])Oc1ccc(-n2nc(C(N)=O)c3c2C(=O)N(c2ccc(N4CCCCC4=O)cc2)CC3)cc1. The Hall–Kier alpha value is -12.4. The first-order valence-electron chi connectivity index (χ1n) is 34.7. The lowest BCUT2D eigenvalue weighted by atomic mass is 10.0. The van der Waals surface area contributed by atoms with Crippen LogP contribution in [0.1, 0.15) is 142 Å². The van der Waals surface area contributed by atoms with Crippen LogP contribution in [-0.2, 0) is 33.6 Å². The number of carbonyl (C=O) groups is 9. The first-order chi connectivity index (χ1) is 50.0. The van der Waals surface area contributed by atoms with Gasteiger partial charge in [-0.1, -0.05) is 0 Å². The van der Waals surface area contributed by atoms with E-state index in [1.54, 1.807) is 97.2 Å². The number of anilines is 6. The van der Waals surface area contributed by atoms with E-state index >= 15 is 0 Å². The van der Waals surface area contributed by atoms with Gasteiger partial charge in [0.25, 0.3) is 35.4 Å². The summed E-state index contributed by atoms with van der Waals surface area (Å²) < 4.78 is 36.1. The van der Waals surface area contributed by atoms with Crippen molar-refractivity contribution >= 4 is 87.3 Å². The van der Waals surface area contributed by atoms with Crippen molar-refractivity contribution in [3.05, 3.63) is 196 Å². The summed E-state index contributed by atoms with van der Waals surface area (Å²) in [4.78, 5) is 124. The van der Waals surface area contributed by atoms with Gasteiger partial charge in [0, 0.05) is 109 Å². The van der Waals surface area contributed by atoms with E-state index in [4.69, 9.17) is 30.8 Å². The number of amides is 9. The number of hydrogen-bond donors (Lipinski definition) is 4. The molecule has 27 heteroatoms. The molecule has 9 aromatic rings. The number of carbonyl (C=O) groups excluding carboxylic acids is 9. The summed E-state index contributed by atoms with van der Waals surface area (Å²) >= 11 is 0. The van der Waals surface area contributed by atoms with Crippen LogP contribution in [0.2, 0.25) is 0 Å². The Morgan fingerprint density at radius 3 is 0.871 bits per heavy atom. The van der Waals surface area contributed by atoms with Crippen molar-refractivity contribution in [1.82, 2.24) is 29.3 Å². The molecule has 3 saturated heterocycles. The number of aromatic hydroxyl groups is 1. The van der Waals surface area contributed by atoms with E-state index in [-0.39, 0.29) is 75.4 Å². The third-order valence-electron chi connectivity index (χ3n) is 18.7. The zero-order chi connectivity index (χ0) is 73.3. The number of fused-ring (bicyclic) bond motifs is 3. The number of aromatic nitrogens is 6. The summed E-state index contributed by atoms with van der Waals surface area (Å²) in [7, 11) is -1.03. The predicted octanol–water partition coefficient (Wildman–Crippen LogP) is 7.80. The Labute approximate surface area is 584 Å². The van der Waals surface area contributed by atoms with Crippen LogP contribution in [0.4, 0.5) is 34.1 Å². The summed E-state index contributed by atoms with van der Waals surface area (Å²) in [5.41, 5.74) is 25.3. The minimum absolute atomic E-state index is 0.0183. The molecule has 0 unspecified atom stereocenters. The maximum Gasteiger partial charge on any atom is 0.277 e. The van der Waals surface area contributed by atoms with Gasteiger partial charge in [-0.3, -0.25) is 43.2 Å². The molecule has 0 aliphatic carbocycles. The Bertz CT molecular complexity index is 4840. The van der Waals surface area contributed by atoms with Gasteiger partial charge in [0.05, 0.1) is 35.3 Å². The standard InChI is InChI=1S/2C25H25N5O4.C24H23N5O4/c2*1-34-19-11-9-18(10-12-19)30-23-20(22(27-30)24(26)32)13-15-29(25(23)33)17-7-5-16(6-8-17)28-14-3-2-4-21(28)31;25-23(32)21-19-12-14-28(16-6-4-15(5-7-16)27-13-2-1-3-20(27)31)24(33)22(19)29(26-21)17-8-10-18(30)11-9-17/h2*5-12H,2-4,13-15H2,1H3,(H2,26,32);4-11,30H,1-3,12-14H2,(H2,25,32)/i1D3;;. The molecular formula is C74H73N15O12. The molecule has 27 nitrogen and oxygen atoms in total. The highest BCUT2D eigenvalue weighted by Crippen LogP contribution is 2.36. The maximum absolute atomic E-state index is 13.7. The van der Waals surface area contributed by atoms with Gasteiger partial charge in [-0.05, 0) is 203 Å². The van der Waals surface area contributed by atoms with Crippen LogP contribution in [0.5, 0.6) is 17.2 Å². The van der Waals surface area contributed by atoms with Gasteiger partial charge in [-0.25, -0.2) is 14.0 Å². The largest absolute Gasteiger partial charge is 0.508 e. The van der Waals surface area contributed by atoms with Gasteiger partial charge in [0.15, 0.2) is 17.1 Å². The number of primary amides is 3. The van der Waals surface area contributed by atoms with Gasteiger partial charge < -0.3 is 61.2 Å². The number of nitrogens with two attached hydrogens (primary N) is 3. The van der Waals surface area contributed by atoms with Gasteiger partial charge in [-0.15, -0.1) is 0 Å². The average Bonchev–Trinajstić information content (AvgIpc) is 1.60. The molecule has 9 amide bonds. The molecule has 516 valence electrons. The summed E-state index contributed by atoms with van der Waals surface area (Å²) in [6.07, 6.45) is 8.54. The van der Waals surface area contributed by atoms with Crippen LogP contribution in [0.3, 0.4) is 0 Å². The highest BCUT2D eigenvalue weighted by molar-refractivity contribution is 6.12. The Morgan fingerprint density at radius 2 is 0.614 bits per heavy atom. The fraction of sp³-hybridized carbons (Fsp3) is 0.270. The molecule has 101 heavy (non-hydrogen) atoms. The maximum atomic E-state index is 13.7. The highest BCUT2D eigenvalue weighted by Gasteiger charge is 2.39. The molecule has 0 atom stereocenters. The molecule has 6 aliphatic rings. The Morgan fingerprint density at radius 1 is 0.356 bits per heavy atom. The van der Waals surface area contributed by atoms with E-state index in [9.17, 15) is 48.3 Å². The zero-order valence-electron chi connectivity index (χ0n) is 58.1. The van der Waals surface area contributed by atoms with Crippen LogP contribution in [0.15, 0.2) is 146 Å². The number of methoxy groups -OCH3 is 2. The first-order valence-corrected chi connectivity index (χ1v) is 33.2. The van der Waals surface area contributed by atoms with Crippen LogP contribution in [0, 0.1) is 0 Å². The van der Waals surface area contributed by atoms with Gasteiger partial charge in [0.1, 0.15) is 34.3 Å². The molecule has 6 aliphatic heterocycles. The number of ether oxygens (including phenoxy) is 2. The van der Waals surface area contributed by atoms with Crippen molar-refractivity contribution in [2.45, 2.75) is 77.0 Å². The molecule has 3 fully saturated rings. The monoisotopic (exact) mass is 1370 g/mol. The summed E-state index contributed by atoms with van der Waals surface area (Å²) in [5, 5.41) is 22.6. The number of phenolic OH excluding ortho intramolecular Hbond substituents is 1. The molecular weight excluding hydrogens is 1290 g/mol. The van der Waals surface area contributed by atoms with Crippen LogP contribution >= 0.6 is 0 Å². The van der Waals surface area contributed by atoms with Crippen molar-refractivity contribution in [3.8, 4) is 34.3 Å². The molecule has 7 N–H and O–H groups in total. The number of phenols is 1. The highest BCUT2D eigenvalue weighted by atomic mass is 16.5. The molecule has 9 heterocycles. The van der Waals surface area contributed by atoms with E-state index in [0.29, 0.717) is 140 Å². The minimum atomic E-state index is -2.60. The van der Waals surface area contributed by atoms with E-state index in [1.807, 2.05) is 60.7 Å². The number of rotatable bonds is 14. The fourth-order valence-electron chi connectivity index (χ4n) is 13.6. The molecule has 3 aromatic heterocycles. The lowest BCUT2D eigenvalue weighted by molar-refractivity contribution is -0.120. The fourth-order valence-corrected chi connectivity index (χ4v) is 13.6. The van der Waals surface area contributed by atoms with Gasteiger partial charge in [0.2, 0.25) is 17.7 Å². The van der Waals surface area contributed by atoms with Crippen molar-refractivity contribution in [2.75, 3.05) is 82.8 Å². The van der Waals surface area contributed by atoms with E-state index in [1.165, 1.54) is 38.3 Å². The van der Waals surface area contributed by atoms with E-state index in [0.717, 1.165) is 55.6 Å². The summed E-state index contributed by atoms with van der Waals surface area (Å²) in [5.74, 6) is -1.82. The molecule has 0 saturated carbocycles. The normalized spacial score (nSPS) is 16.5. The number of hydrogen-bond acceptors (Lipinski definition) is 15. The van der Waals surface area contributed by atoms with Gasteiger partial charge >= 0.3 is 0 Å². The Balaban J connectivity index is 0.000000139. The van der Waals surface area contributed by atoms with Crippen molar-refractivity contribution < 1.29 is 61.8 Å². The van der Waals surface area contributed by atoms with Crippen molar-refractivity contribution in [2.24, 2.45) is 17.2 Å². The van der Waals surface area contributed by atoms with Crippen LogP contribution in [-0.4, -0.2) is 141 Å². The number of piperidine rings is 3. The second-order valence-electron chi connectivity index (χ2n) is 24.8. The molecule has 6 aromatic carbocycles. The Kier molecular flexibility index (Phi) is 17.9.